The molecule has 1 fully saturated rings. The van der Waals surface area contributed by atoms with Crippen LogP contribution in [0.4, 0.5) is 4.39 Å². The van der Waals surface area contributed by atoms with Crippen molar-refractivity contribution in [3.63, 3.8) is 0 Å². The van der Waals surface area contributed by atoms with Crippen LogP contribution in [0.25, 0.3) is 0 Å². The Morgan fingerprint density at radius 1 is 1.21 bits per heavy atom. The molecule has 1 aromatic carbocycles. The second-order valence-electron chi connectivity index (χ2n) is 6.22. The molecule has 6 heteroatoms. The summed E-state index contributed by atoms with van der Waals surface area (Å²) in [6, 6.07) is 7.53. The third kappa shape index (κ3) is 6.93. The van der Waals surface area contributed by atoms with Gasteiger partial charge in [0.2, 0.25) is 0 Å². The van der Waals surface area contributed by atoms with E-state index in [1.807, 2.05) is 6.07 Å². The molecule has 0 radical (unpaired) electrons. The van der Waals surface area contributed by atoms with Crippen LogP contribution in [0.2, 0.25) is 0 Å². The molecular formula is C18H30FIN4. The summed E-state index contributed by atoms with van der Waals surface area (Å²) in [4.78, 5) is 6.64. The summed E-state index contributed by atoms with van der Waals surface area (Å²) < 4.78 is 13.6. The molecule has 0 aromatic heterocycles. The average molecular weight is 448 g/mol. The zero-order valence-corrected chi connectivity index (χ0v) is 17.1. The molecule has 0 saturated heterocycles. The van der Waals surface area contributed by atoms with Gasteiger partial charge in [-0.2, -0.15) is 0 Å². The molecule has 0 heterocycles. The van der Waals surface area contributed by atoms with Gasteiger partial charge in [-0.3, -0.25) is 4.99 Å². The maximum atomic E-state index is 13.6. The Morgan fingerprint density at radius 2 is 1.92 bits per heavy atom. The molecule has 1 aromatic rings. The Morgan fingerprint density at radius 3 is 2.58 bits per heavy atom. The molecule has 1 aliphatic rings. The highest BCUT2D eigenvalue weighted by Crippen LogP contribution is 2.21. The molecule has 0 aliphatic heterocycles. The predicted molar refractivity (Wildman–Crippen MR) is 110 cm³/mol. The van der Waals surface area contributed by atoms with E-state index in [1.165, 1.54) is 38.2 Å². The molecule has 2 N–H and O–H groups in total. The Hall–Kier alpha value is -0.890. The first-order valence-electron chi connectivity index (χ1n) is 8.59. The van der Waals surface area contributed by atoms with E-state index >= 15 is 0 Å². The molecule has 0 amide bonds. The molecule has 0 bridgehead atoms. The van der Waals surface area contributed by atoms with E-state index in [0.29, 0.717) is 18.1 Å². The second kappa shape index (κ2) is 11.6. The summed E-state index contributed by atoms with van der Waals surface area (Å²) in [7, 11) is 3.94. The number of benzene rings is 1. The number of rotatable bonds is 6. The number of likely N-dealkylation sites (N-methyl/N-ethyl adjacent to an activating group) is 1. The quantitative estimate of drug-likeness (QED) is 0.398. The molecule has 0 unspecified atom stereocenters. The van der Waals surface area contributed by atoms with Crippen LogP contribution in [0.3, 0.4) is 0 Å². The standard InChI is InChI=1S/C18H29FN4.HI/c1-20-18(22-14-15-8-6-7-11-17(15)19)21-12-13-23(2)16-9-4-3-5-10-16;/h6-8,11,16H,3-5,9-10,12-14H2,1-2H3,(H2,20,21,22);1H. The van der Waals surface area contributed by atoms with E-state index in [-0.39, 0.29) is 29.8 Å². The van der Waals surface area contributed by atoms with Crippen molar-refractivity contribution in [2.75, 3.05) is 27.2 Å². The zero-order valence-electron chi connectivity index (χ0n) is 14.7. The highest BCUT2D eigenvalue weighted by molar-refractivity contribution is 14.0. The molecule has 1 saturated carbocycles. The molecule has 0 atom stereocenters. The molecule has 1 aliphatic carbocycles. The molecular weight excluding hydrogens is 418 g/mol. The summed E-state index contributed by atoms with van der Waals surface area (Å²) >= 11 is 0. The lowest BCUT2D eigenvalue weighted by molar-refractivity contribution is 0.194. The fourth-order valence-corrected chi connectivity index (χ4v) is 3.10. The van der Waals surface area contributed by atoms with Crippen molar-refractivity contribution < 1.29 is 4.39 Å². The largest absolute Gasteiger partial charge is 0.355 e. The van der Waals surface area contributed by atoms with Gasteiger partial charge in [0, 0.05) is 38.3 Å². The van der Waals surface area contributed by atoms with Crippen molar-refractivity contribution in [3.05, 3.63) is 35.6 Å². The van der Waals surface area contributed by atoms with E-state index in [4.69, 9.17) is 0 Å². The summed E-state index contributed by atoms with van der Waals surface area (Å²) in [5.74, 6) is 0.526. The summed E-state index contributed by atoms with van der Waals surface area (Å²) in [6.07, 6.45) is 6.73. The summed E-state index contributed by atoms with van der Waals surface area (Å²) in [6.45, 7) is 2.26. The number of hydrogen-bond donors (Lipinski definition) is 2. The lowest BCUT2D eigenvalue weighted by Crippen LogP contribution is -2.43. The minimum atomic E-state index is -0.188. The fourth-order valence-electron chi connectivity index (χ4n) is 3.10. The highest BCUT2D eigenvalue weighted by atomic mass is 127. The highest BCUT2D eigenvalue weighted by Gasteiger charge is 2.17. The molecule has 0 spiro atoms. The van der Waals surface area contributed by atoms with Gasteiger partial charge in [0.15, 0.2) is 5.96 Å². The fraction of sp³-hybridized carbons (Fsp3) is 0.611. The number of aliphatic imine (C=N–C) groups is 1. The maximum Gasteiger partial charge on any atom is 0.191 e. The third-order valence-corrected chi connectivity index (χ3v) is 4.58. The van der Waals surface area contributed by atoms with Crippen LogP contribution in [-0.4, -0.2) is 44.1 Å². The van der Waals surface area contributed by atoms with E-state index in [1.54, 1.807) is 19.2 Å². The van der Waals surface area contributed by atoms with Gasteiger partial charge >= 0.3 is 0 Å². The SMILES string of the molecule is CN=C(NCCN(C)C1CCCCC1)NCc1ccccc1F.I. The minimum Gasteiger partial charge on any atom is -0.355 e. The van der Waals surface area contributed by atoms with Gasteiger partial charge in [0.1, 0.15) is 5.82 Å². The summed E-state index contributed by atoms with van der Waals surface area (Å²) in [5.41, 5.74) is 0.648. The van der Waals surface area contributed by atoms with Gasteiger partial charge in [0.25, 0.3) is 0 Å². The minimum absolute atomic E-state index is 0. The molecule has 136 valence electrons. The zero-order chi connectivity index (χ0) is 16.5. The molecule has 4 nitrogen and oxygen atoms in total. The van der Waals surface area contributed by atoms with Gasteiger partial charge in [0.05, 0.1) is 0 Å². The van der Waals surface area contributed by atoms with Crippen LogP contribution in [-0.2, 0) is 6.54 Å². The smallest absolute Gasteiger partial charge is 0.191 e. The van der Waals surface area contributed by atoms with Gasteiger partial charge < -0.3 is 15.5 Å². The summed E-state index contributed by atoms with van der Waals surface area (Å²) in [5, 5.41) is 6.46. The van der Waals surface area contributed by atoms with Crippen LogP contribution in [0.15, 0.2) is 29.3 Å². The van der Waals surface area contributed by atoms with Crippen molar-refractivity contribution >= 4 is 29.9 Å². The number of nitrogens with zero attached hydrogens (tertiary/aromatic N) is 2. The number of nitrogens with one attached hydrogen (secondary N) is 2. The lowest BCUT2D eigenvalue weighted by atomic mass is 9.94. The van der Waals surface area contributed by atoms with Crippen LogP contribution in [0.5, 0.6) is 0 Å². The Bertz CT molecular complexity index is 504. The van der Waals surface area contributed by atoms with Crippen LogP contribution < -0.4 is 10.6 Å². The second-order valence-corrected chi connectivity index (χ2v) is 6.22. The Kier molecular flexibility index (Phi) is 10.2. The topological polar surface area (TPSA) is 39.7 Å². The Balaban J connectivity index is 0.00000288. The van der Waals surface area contributed by atoms with Gasteiger partial charge in [-0.1, -0.05) is 37.5 Å². The monoisotopic (exact) mass is 448 g/mol. The van der Waals surface area contributed by atoms with Crippen LogP contribution >= 0.6 is 24.0 Å². The number of halogens is 2. The Labute approximate surface area is 162 Å². The van der Waals surface area contributed by atoms with E-state index in [2.05, 4.69) is 27.6 Å². The normalized spacial score (nSPS) is 15.9. The van der Waals surface area contributed by atoms with E-state index in [0.717, 1.165) is 19.1 Å². The first-order chi connectivity index (χ1) is 11.2. The molecule has 2 rings (SSSR count). The van der Waals surface area contributed by atoms with E-state index in [9.17, 15) is 4.39 Å². The van der Waals surface area contributed by atoms with Crippen molar-refractivity contribution in [1.29, 1.82) is 0 Å². The maximum absolute atomic E-state index is 13.6. The third-order valence-electron chi connectivity index (χ3n) is 4.58. The van der Waals surface area contributed by atoms with Crippen molar-refractivity contribution in [2.45, 2.75) is 44.7 Å². The van der Waals surface area contributed by atoms with Gasteiger partial charge in [-0.15, -0.1) is 24.0 Å². The number of hydrogen-bond acceptors (Lipinski definition) is 2. The first kappa shape index (κ1) is 21.2. The molecule has 24 heavy (non-hydrogen) atoms. The van der Waals surface area contributed by atoms with Crippen LogP contribution in [0.1, 0.15) is 37.7 Å². The lowest BCUT2D eigenvalue weighted by Gasteiger charge is -2.31. The first-order valence-corrected chi connectivity index (χ1v) is 8.59. The van der Waals surface area contributed by atoms with Crippen molar-refractivity contribution in [2.24, 2.45) is 4.99 Å². The van der Waals surface area contributed by atoms with Crippen LogP contribution in [0, 0.1) is 5.82 Å². The van der Waals surface area contributed by atoms with Gasteiger partial charge in [-0.05, 0) is 26.0 Å². The van der Waals surface area contributed by atoms with Crippen molar-refractivity contribution in [3.8, 4) is 0 Å². The van der Waals surface area contributed by atoms with Gasteiger partial charge in [-0.25, -0.2) is 4.39 Å². The predicted octanol–water partition coefficient (Wildman–Crippen LogP) is 3.37. The average Bonchev–Trinajstić information content (AvgIpc) is 2.59. The van der Waals surface area contributed by atoms with E-state index < -0.39 is 0 Å². The van der Waals surface area contributed by atoms with Crippen molar-refractivity contribution in [1.82, 2.24) is 15.5 Å². The number of guanidine groups is 1.